The van der Waals surface area contributed by atoms with Crippen molar-refractivity contribution < 1.29 is 17.9 Å². The monoisotopic (exact) mass is 286 g/mol. The van der Waals surface area contributed by atoms with Gasteiger partial charge in [0.25, 0.3) is 0 Å². The van der Waals surface area contributed by atoms with Crippen molar-refractivity contribution in [2.75, 3.05) is 32.6 Å². The topological polar surface area (TPSA) is 90.7 Å². The summed E-state index contributed by atoms with van der Waals surface area (Å²) >= 11 is 0. The number of sulfonamides is 1. The van der Waals surface area contributed by atoms with E-state index in [2.05, 4.69) is 4.72 Å². The van der Waals surface area contributed by atoms with Gasteiger partial charge in [-0.3, -0.25) is 0 Å². The Morgan fingerprint density at radius 2 is 2.32 bits per heavy atom. The number of nitrogens with two attached hydrogens (primary N) is 1. The van der Waals surface area contributed by atoms with E-state index in [-0.39, 0.29) is 4.90 Å². The van der Waals surface area contributed by atoms with Crippen molar-refractivity contribution in [1.82, 2.24) is 4.72 Å². The smallest absolute Gasteiger partial charge is 0.240 e. The first-order chi connectivity index (χ1) is 9.03. The van der Waals surface area contributed by atoms with E-state index in [0.717, 1.165) is 13.0 Å². The lowest BCUT2D eigenvalue weighted by molar-refractivity contribution is 0.167. The van der Waals surface area contributed by atoms with Crippen molar-refractivity contribution >= 4 is 15.7 Å². The minimum absolute atomic E-state index is 0.141. The zero-order valence-corrected chi connectivity index (χ0v) is 11.6. The summed E-state index contributed by atoms with van der Waals surface area (Å²) < 4.78 is 36.5. The average molecular weight is 286 g/mol. The quantitative estimate of drug-likeness (QED) is 0.773. The fourth-order valence-electron chi connectivity index (χ4n) is 1.85. The summed E-state index contributed by atoms with van der Waals surface area (Å²) in [4.78, 5) is 0.141. The minimum atomic E-state index is -3.49. The molecule has 1 unspecified atom stereocenters. The van der Waals surface area contributed by atoms with Gasteiger partial charge in [0.1, 0.15) is 5.75 Å². The summed E-state index contributed by atoms with van der Waals surface area (Å²) in [6.45, 7) is 1.90. The maximum Gasteiger partial charge on any atom is 0.240 e. The molecule has 0 amide bonds. The Balaban J connectivity index is 2.13. The number of anilines is 1. The minimum Gasteiger partial charge on any atom is -0.491 e. The first kappa shape index (κ1) is 14.1. The summed E-state index contributed by atoms with van der Waals surface area (Å²) in [5.74, 6) is 0.729. The van der Waals surface area contributed by atoms with Crippen LogP contribution in [-0.2, 0) is 14.8 Å². The summed E-state index contributed by atoms with van der Waals surface area (Å²) in [5, 5.41) is 0. The molecule has 1 fully saturated rings. The molecule has 0 radical (unpaired) electrons. The van der Waals surface area contributed by atoms with Crippen LogP contribution in [0.5, 0.6) is 5.75 Å². The Labute approximate surface area is 112 Å². The SMILES string of the molecule is CNS(=O)(=O)c1ccc(N)c(OCC2CCOC2)c1. The fourth-order valence-corrected chi connectivity index (χ4v) is 2.59. The van der Waals surface area contributed by atoms with Gasteiger partial charge < -0.3 is 15.2 Å². The molecule has 1 aromatic rings. The van der Waals surface area contributed by atoms with Crippen LogP contribution in [-0.4, -0.2) is 35.3 Å². The molecule has 0 aliphatic carbocycles. The average Bonchev–Trinajstić information content (AvgIpc) is 2.90. The molecule has 7 heteroatoms. The second-order valence-electron chi connectivity index (χ2n) is 4.45. The van der Waals surface area contributed by atoms with Crippen LogP contribution in [0.15, 0.2) is 23.1 Å². The van der Waals surface area contributed by atoms with Crippen LogP contribution in [0.2, 0.25) is 0 Å². The standard InChI is InChI=1S/C12H18N2O4S/c1-14-19(15,16)10-2-3-11(13)12(6-10)18-8-9-4-5-17-7-9/h2-3,6,9,14H,4-5,7-8,13H2,1H3. The maximum atomic E-state index is 11.7. The Hall–Kier alpha value is -1.31. The van der Waals surface area contributed by atoms with Crippen LogP contribution in [0.25, 0.3) is 0 Å². The molecule has 1 atom stereocenters. The molecule has 1 aliphatic heterocycles. The largest absolute Gasteiger partial charge is 0.491 e. The van der Waals surface area contributed by atoms with Crippen molar-refractivity contribution in [3.05, 3.63) is 18.2 Å². The van der Waals surface area contributed by atoms with Crippen LogP contribution in [0.3, 0.4) is 0 Å². The molecule has 0 bridgehead atoms. The predicted octanol–water partition coefficient (Wildman–Crippen LogP) is 0.592. The lowest BCUT2D eigenvalue weighted by Crippen LogP contribution is -2.19. The van der Waals surface area contributed by atoms with E-state index in [0.29, 0.717) is 30.6 Å². The zero-order chi connectivity index (χ0) is 13.9. The molecule has 0 aromatic heterocycles. The molecule has 0 saturated carbocycles. The van der Waals surface area contributed by atoms with Crippen molar-refractivity contribution in [2.24, 2.45) is 5.92 Å². The van der Waals surface area contributed by atoms with Crippen LogP contribution in [0, 0.1) is 5.92 Å². The van der Waals surface area contributed by atoms with E-state index in [1.54, 1.807) is 0 Å². The molecule has 1 saturated heterocycles. The molecular formula is C12H18N2O4S. The fraction of sp³-hybridized carbons (Fsp3) is 0.500. The molecule has 0 spiro atoms. The number of ether oxygens (including phenoxy) is 2. The highest BCUT2D eigenvalue weighted by Crippen LogP contribution is 2.26. The van der Waals surface area contributed by atoms with Crippen molar-refractivity contribution in [1.29, 1.82) is 0 Å². The Morgan fingerprint density at radius 1 is 1.53 bits per heavy atom. The first-order valence-electron chi connectivity index (χ1n) is 6.06. The normalized spacial score (nSPS) is 19.5. The Morgan fingerprint density at radius 3 is 2.95 bits per heavy atom. The molecule has 106 valence electrons. The van der Waals surface area contributed by atoms with Gasteiger partial charge in [0, 0.05) is 18.6 Å². The lowest BCUT2D eigenvalue weighted by Gasteiger charge is -2.13. The molecule has 19 heavy (non-hydrogen) atoms. The second-order valence-corrected chi connectivity index (χ2v) is 6.33. The predicted molar refractivity (Wildman–Crippen MR) is 71.5 cm³/mol. The molecular weight excluding hydrogens is 268 g/mol. The zero-order valence-electron chi connectivity index (χ0n) is 10.8. The van der Waals surface area contributed by atoms with Crippen LogP contribution < -0.4 is 15.2 Å². The third kappa shape index (κ3) is 3.37. The van der Waals surface area contributed by atoms with Crippen molar-refractivity contribution in [3.63, 3.8) is 0 Å². The maximum absolute atomic E-state index is 11.7. The molecule has 6 nitrogen and oxygen atoms in total. The number of benzene rings is 1. The van der Waals surface area contributed by atoms with E-state index in [4.69, 9.17) is 15.2 Å². The van der Waals surface area contributed by atoms with E-state index in [1.807, 2.05) is 0 Å². The van der Waals surface area contributed by atoms with Gasteiger partial charge in [-0.25, -0.2) is 13.1 Å². The highest BCUT2D eigenvalue weighted by molar-refractivity contribution is 7.89. The Bertz CT molecular complexity index is 539. The van der Waals surface area contributed by atoms with Crippen LogP contribution >= 0.6 is 0 Å². The van der Waals surface area contributed by atoms with E-state index in [1.165, 1.54) is 25.2 Å². The van der Waals surface area contributed by atoms with Gasteiger partial charge in [-0.15, -0.1) is 0 Å². The van der Waals surface area contributed by atoms with E-state index < -0.39 is 10.0 Å². The third-order valence-electron chi connectivity index (χ3n) is 3.06. The molecule has 2 rings (SSSR count). The summed E-state index contributed by atoms with van der Waals surface area (Å²) in [5.41, 5.74) is 6.21. The second kappa shape index (κ2) is 5.77. The van der Waals surface area contributed by atoms with E-state index >= 15 is 0 Å². The van der Waals surface area contributed by atoms with E-state index in [9.17, 15) is 8.42 Å². The number of nitrogens with one attached hydrogen (secondary N) is 1. The van der Waals surface area contributed by atoms with Gasteiger partial charge in [-0.2, -0.15) is 0 Å². The highest BCUT2D eigenvalue weighted by Gasteiger charge is 2.18. The Kier molecular flexibility index (Phi) is 4.28. The summed E-state index contributed by atoms with van der Waals surface area (Å²) in [6.07, 6.45) is 0.953. The molecule has 1 heterocycles. The lowest BCUT2D eigenvalue weighted by atomic mass is 10.1. The molecule has 1 aromatic carbocycles. The van der Waals surface area contributed by atoms with Crippen molar-refractivity contribution in [3.8, 4) is 5.75 Å². The van der Waals surface area contributed by atoms with Gasteiger partial charge in [0.15, 0.2) is 0 Å². The van der Waals surface area contributed by atoms with Gasteiger partial charge >= 0.3 is 0 Å². The summed E-state index contributed by atoms with van der Waals surface area (Å²) in [7, 11) is -2.12. The van der Waals surface area contributed by atoms with Gasteiger partial charge in [-0.1, -0.05) is 0 Å². The molecule has 3 N–H and O–H groups in total. The van der Waals surface area contributed by atoms with Gasteiger partial charge in [0.2, 0.25) is 10.0 Å². The van der Waals surface area contributed by atoms with Gasteiger partial charge in [-0.05, 0) is 25.6 Å². The number of nitrogen functional groups attached to an aromatic ring is 1. The number of rotatable bonds is 5. The number of hydrogen-bond acceptors (Lipinski definition) is 5. The summed E-state index contributed by atoms with van der Waals surface area (Å²) in [6, 6.07) is 4.42. The van der Waals surface area contributed by atoms with Crippen LogP contribution in [0.1, 0.15) is 6.42 Å². The number of hydrogen-bond donors (Lipinski definition) is 2. The highest BCUT2D eigenvalue weighted by atomic mass is 32.2. The molecule has 1 aliphatic rings. The van der Waals surface area contributed by atoms with Crippen molar-refractivity contribution in [2.45, 2.75) is 11.3 Å². The first-order valence-corrected chi connectivity index (χ1v) is 7.55. The van der Waals surface area contributed by atoms with Gasteiger partial charge in [0.05, 0.1) is 23.8 Å². The third-order valence-corrected chi connectivity index (χ3v) is 4.47. The van der Waals surface area contributed by atoms with Crippen LogP contribution in [0.4, 0.5) is 5.69 Å².